The molecule has 5 nitrogen and oxygen atoms in total. The highest BCUT2D eigenvalue weighted by molar-refractivity contribution is 7.15. The first kappa shape index (κ1) is 19.5. The van der Waals surface area contributed by atoms with Crippen molar-refractivity contribution in [3.05, 3.63) is 71.2 Å². The van der Waals surface area contributed by atoms with Crippen molar-refractivity contribution in [1.29, 1.82) is 0 Å². The van der Waals surface area contributed by atoms with E-state index in [-0.39, 0.29) is 12.2 Å². The third-order valence-corrected chi connectivity index (χ3v) is 6.11. The van der Waals surface area contributed by atoms with Crippen molar-refractivity contribution in [3.8, 4) is 16.3 Å². The number of likely N-dealkylation sites (tertiary alicyclic amines) is 1. The summed E-state index contributed by atoms with van der Waals surface area (Å²) in [5, 5.41) is 1.03. The molecule has 2 aromatic carbocycles. The molecule has 0 bridgehead atoms. The van der Waals surface area contributed by atoms with Crippen LogP contribution in [0.1, 0.15) is 23.8 Å². The summed E-state index contributed by atoms with van der Waals surface area (Å²) in [7, 11) is 0. The number of aryl methyl sites for hydroxylation is 1. The fraction of sp³-hybridized carbons (Fsp3) is 0.304. The Kier molecular flexibility index (Phi) is 6.10. The van der Waals surface area contributed by atoms with Gasteiger partial charge in [0.05, 0.1) is 6.54 Å². The van der Waals surface area contributed by atoms with Crippen molar-refractivity contribution in [2.24, 2.45) is 0 Å². The van der Waals surface area contributed by atoms with E-state index < -0.39 is 0 Å². The Morgan fingerprint density at radius 1 is 1.17 bits per heavy atom. The van der Waals surface area contributed by atoms with Crippen molar-refractivity contribution >= 4 is 17.4 Å². The number of hydrogen-bond acceptors (Lipinski definition) is 5. The molecule has 0 aliphatic carbocycles. The van der Waals surface area contributed by atoms with Crippen LogP contribution in [0.3, 0.4) is 0 Å². The maximum Gasteiger partial charge on any atom is 0.410 e. The molecule has 1 fully saturated rings. The van der Waals surface area contributed by atoms with E-state index in [1.165, 1.54) is 4.88 Å². The highest BCUT2D eigenvalue weighted by Crippen LogP contribution is 2.28. The summed E-state index contributed by atoms with van der Waals surface area (Å²) in [6.07, 6.45) is 3.44. The van der Waals surface area contributed by atoms with Crippen LogP contribution in [0, 0.1) is 0 Å². The molecule has 6 heteroatoms. The second kappa shape index (κ2) is 9.09. The van der Waals surface area contributed by atoms with E-state index in [4.69, 9.17) is 9.47 Å². The molecule has 1 amide bonds. The average molecular weight is 409 g/mol. The van der Waals surface area contributed by atoms with Gasteiger partial charge >= 0.3 is 6.09 Å². The van der Waals surface area contributed by atoms with E-state index in [2.05, 4.69) is 11.9 Å². The summed E-state index contributed by atoms with van der Waals surface area (Å²) < 4.78 is 11.5. The van der Waals surface area contributed by atoms with Gasteiger partial charge in [0.1, 0.15) is 23.5 Å². The average Bonchev–Trinajstić information content (AvgIpc) is 3.43. The third-order valence-electron chi connectivity index (χ3n) is 4.91. The summed E-state index contributed by atoms with van der Waals surface area (Å²) in [5.41, 5.74) is 2.08. The van der Waals surface area contributed by atoms with Crippen LogP contribution in [-0.2, 0) is 17.8 Å². The van der Waals surface area contributed by atoms with E-state index in [0.29, 0.717) is 19.7 Å². The van der Waals surface area contributed by atoms with Crippen molar-refractivity contribution in [2.45, 2.75) is 32.5 Å². The number of hydrogen-bond donors (Lipinski definition) is 0. The van der Waals surface area contributed by atoms with Gasteiger partial charge in [-0.05, 0) is 36.2 Å². The first-order valence-corrected chi connectivity index (χ1v) is 10.7. The van der Waals surface area contributed by atoms with Gasteiger partial charge in [-0.3, -0.25) is 0 Å². The normalized spacial score (nSPS) is 16.0. The minimum atomic E-state index is -0.286. The largest absolute Gasteiger partial charge is 0.489 e. The first-order chi connectivity index (χ1) is 14.2. The number of thiazole rings is 1. The Bertz CT molecular complexity index is 940. The number of nitrogens with zero attached hydrogens (tertiary/aromatic N) is 2. The number of rotatable bonds is 6. The molecule has 29 heavy (non-hydrogen) atoms. The summed E-state index contributed by atoms with van der Waals surface area (Å²) in [6, 6.07) is 17.7. The minimum Gasteiger partial charge on any atom is -0.489 e. The molecule has 150 valence electrons. The lowest BCUT2D eigenvalue weighted by Gasteiger charge is -2.17. The number of aromatic nitrogens is 1. The predicted molar refractivity (Wildman–Crippen MR) is 114 cm³/mol. The smallest absolute Gasteiger partial charge is 0.410 e. The molecule has 0 spiro atoms. The molecule has 1 aliphatic rings. The Balaban J connectivity index is 1.27. The maximum absolute atomic E-state index is 12.3. The van der Waals surface area contributed by atoms with Crippen LogP contribution in [0.4, 0.5) is 4.79 Å². The second-order valence-electron chi connectivity index (χ2n) is 7.02. The Morgan fingerprint density at radius 3 is 2.69 bits per heavy atom. The minimum absolute atomic E-state index is 0.0170. The quantitative estimate of drug-likeness (QED) is 0.565. The lowest BCUT2D eigenvalue weighted by atomic mass is 10.2. The molecule has 0 saturated carbocycles. The maximum atomic E-state index is 12.3. The summed E-state index contributed by atoms with van der Waals surface area (Å²) in [4.78, 5) is 19.8. The van der Waals surface area contributed by atoms with E-state index >= 15 is 0 Å². The van der Waals surface area contributed by atoms with Gasteiger partial charge < -0.3 is 14.4 Å². The summed E-state index contributed by atoms with van der Waals surface area (Å²) in [6.45, 7) is 3.62. The summed E-state index contributed by atoms with van der Waals surface area (Å²) >= 11 is 1.72. The van der Waals surface area contributed by atoms with Gasteiger partial charge in [0.2, 0.25) is 0 Å². The fourth-order valence-corrected chi connectivity index (χ4v) is 4.13. The van der Waals surface area contributed by atoms with Crippen molar-refractivity contribution < 1.29 is 14.3 Å². The van der Waals surface area contributed by atoms with Crippen LogP contribution >= 0.6 is 11.3 Å². The van der Waals surface area contributed by atoms with Crippen LogP contribution in [0.25, 0.3) is 10.6 Å². The van der Waals surface area contributed by atoms with Crippen LogP contribution in [0.2, 0.25) is 0 Å². The standard InChI is InChI=1S/C23H24N2O3S/c1-2-21-14-24-22(29-21)18-8-10-19(11-9-18)28-20-12-13-25(15-20)23(26)27-16-17-6-4-3-5-7-17/h3-11,14,20H,2,12-13,15-16H2,1H3/t20-/m0/s1. The highest BCUT2D eigenvalue weighted by atomic mass is 32.1. The molecule has 1 aliphatic heterocycles. The second-order valence-corrected chi connectivity index (χ2v) is 8.14. The Hall–Kier alpha value is -2.86. The van der Waals surface area contributed by atoms with E-state index in [9.17, 15) is 4.79 Å². The van der Waals surface area contributed by atoms with Gasteiger partial charge in [0.15, 0.2) is 0 Å². The van der Waals surface area contributed by atoms with Crippen molar-refractivity contribution in [3.63, 3.8) is 0 Å². The number of amides is 1. The van der Waals surface area contributed by atoms with Gasteiger partial charge in [-0.1, -0.05) is 37.3 Å². The van der Waals surface area contributed by atoms with E-state index in [1.807, 2.05) is 60.8 Å². The van der Waals surface area contributed by atoms with Gasteiger partial charge in [0.25, 0.3) is 0 Å². The van der Waals surface area contributed by atoms with Gasteiger partial charge in [-0.2, -0.15) is 0 Å². The van der Waals surface area contributed by atoms with Crippen LogP contribution in [0.15, 0.2) is 60.8 Å². The molecule has 0 N–H and O–H groups in total. The van der Waals surface area contributed by atoms with Crippen LogP contribution in [0.5, 0.6) is 5.75 Å². The first-order valence-electron chi connectivity index (χ1n) is 9.88. The van der Waals surface area contributed by atoms with E-state index in [1.54, 1.807) is 16.2 Å². The molecule has 1 atom stereocenters. The van der Waals surface area contributed by atoms with Crippen molar-refractivity contribution in [1.82, 2.24) is 9.88 Å². The van der Waals surface area contributed by atoms with Gasteiger partial charge in [-0.15, -0.1) is 11.3 Å². The van der Waals surface area contributed by atoms with Crippen molar-refractivity contribution in [2.75, 3.05) is 13.1 Å². The van der Waals surface area contributed by atoms with Gasteiger partial charge in [0, 0.05) is 29.6 Å². The summed E-state index contributed by atoms with van der Waals surface area (Å²) in [5.74, 6) is 0.811. The van der Waals surface area contributed by atoms with E-state index in [0.717, 1.165) is 34.7 Å². The molecular weight excluding hydrogens is 384 g/mol. The zero-order valence-corrected chi connectivity index (χ0v) is 17.2. The molecule has 1 aromatic heterocycles. The monoisotopic (exact) mass is 408 g/mol. The molecular formula is C23H24N2O3S. The molecule has 1 saturated heterocycles. The molecule has 0 unspecified atom stereocenters. The van der Waals surface area contributed by atoms with Crippen LogP contribution < -0.4 is 4.74 Å². The topological polar surface area (TPSA) is 51.7 Å². The Morgan fingerprint density at radius 2 is 1.97 bits per heavy atom. The third kappa shape index (κ3) is 4.95. The van der Waals surface area contributed by atoms with Crippen LogP contribution in [-0.4, -0.2) is 35.2 Å². The lowest BCUT2D eigenvalue weighted by molar-refractivity contribution is 0.0991. The molecule has 3 aromatic rings. The number of carbonyl (C=O) groups excluding carboxylic acids is 1. The number of carbonyl (C=O) groups is 1. The fourth-order valence-electron chi connectivity index (χ4n) is 3.27. The predicted octanol–water partition coefficient (Wildman–Crippen LogP) is 5.16. The zero-order chi connectivity index (χ0) is 20.1. The Labute approximate surface area is 174 Å². The lowest BCUT2D eigenvalue weighted by Crippen LogP contribution is -2.31. The highest BCUT2D eigenvalue weighted by Gasteiger charge is 2.28. The molecule has 4 rings (SSSR count). The van der Waals surface area contributed by atoms with Gasteiger partial charge in [-0.25, -0.2) is 9.78 Å². The molecule has 0 radical (unpaired) electrons. The SMILES string of the molecule is CCc1cnc(-c2ccc(O[C@H]3CCN(C(=O)OCc4ccccc4)C3)cc2)s1. The zero-order valence-electron chi connectivity index (χ0n) is 16.4. The molecule has 2 heterocycles. The number of benzene rings is 2. The number of ether oxygens (including phenoxy) is 2.